The van der Waals surface area contributed by atoms with Crippen LogP contribution in [0, 0.1) is 0 Å². The molecular weight excluding hydrogens is 228 g/mol. The summed E-state index contributed by atoms with van der Waals surface area (Å²) >= 11 is -1.68. The Balaban J connectivity index is 2.40. The normalized spacial score (nSPS) is 18.8. The third-order valence-corrected chi connectivity index (χ3v) is 14.0. The SMILES string of the molecule is C[CH2][Ti]([CH2]C)([CH2]C)[CH]1C=Cc2ccccc21. The van der Waals surface area contributed by atoms with Crippen molar-refractivity contribution in [2.75, 3.05) is 0 Å². The summed E-state index contributed by atoms with van der Waals surface area (Å²) in [6, 6.07) is 8.97. The molecular formula is C15H22Ti. The third kappa shape index (κ3) is 1.83. The van der Waals surface area contributed by atoms with Crippen molar-refractivity contribution in [2.24, 2.45) is 0 Å². The molecule has 86 valence electrons. The first-order chi connectivity index (χ1) is 7.77. The predicted octanol–water partition coefficient (Wildman–Crippen LogP) is 5.22. The number of hydrogen-bond donors (Lipinski definition) is 0. The van der Waals surface area contributed by atoms with Crippen molar-refractivity contribution >= 4 is 6.08 Å². The molecule has 0 N–H and O–H groups in total. The van der Waals surface area contributed by atoms with Crippen molar-refractivity contribution in [1.82, 2.24) is 0 Å². The van der Waals surface area contributed by atoms with Crippen LogP contribution in [0.1, 0.15) is 36.1 Å². The van der Waals surface area contributed by atoms with Gasteiger partial charge in [-0.3, -0.25) is 0 Å². The Morgan fingerprint density at radius 3 is 2.25 bits per heavy atom. The van der Waals surface area contributed by atoms with E-state index >= 15 is 0 Å². The van der Waals surface area contributed by atoms with Gasteiger partial charge in [0.05, 0.1) is 0 Å². The molecule has 2 rings (SSSR count). The Hall–Kier alpha value is -0.326. The van der Waals surface area contributed by atoms with Gasteiger partial charge in [-0.1, -0.05) is 0 Å². The van der Waals surface area contributed by atoms with Crippen LogP contribution in [0.15, 0.2) is 30.3 Å². The fourth-order valence-electron chi connectivity index (χ4n) is 3.19. The molecule has 0 heterocycles. The van der Waals surface area contributed by atoms with Gasteiger partial charge in [0.25, 0.3) is 0 Å². The van der Waals surface area contributed by atoms with Crippen LogP contribution in [0.5, 0.6) is 0 Å². The van der Waals surface area contributed by atoms with Gasteiger partial charge in [0.2, 0.25) is 0 Å². The van der Waals surface area contributed by atoms with Gasteiger partial charge in [-0.2, -0.15) is 0 Å². The molecule has 1 aliphatic carbocycles. The Labute approximate surface area is 103 Å². The number of fused-ring (bicyclic) bond motifs is 1. The van der Waals surface area contributed by atoms with E-state index in [9.17, 15) is 0 Å². The third-order valence-electron chi connectivity index (χ3n) is 4.57. The molecule has 0 aliphatic heterocycles. The molecule has 0 aromatic heterocycles. The maximum absolute atomic E-state index is 2.50. The predicted molar refractivity (Wildman–Crippen MR) is 69.7 cm³/mol. The summed E-state index contributed by atoms with van der Waals surface area (Å²) < 4.78 is 5.18. The van der Waals surface area contributed by atoms with Gasteiger partial charge in [-0.15, -0.1) is 0 Å². The summed E-state index contributed by atoms with van der Waals surface area (Å²) in [5, 5.41) is 0. The van der Waals surface area contributed by atoms with E-state index in [2.05, 4.69) is 57.2 Å². The molecule has 0 saturated carbocycles. The fraction of sp³-hybridized carbons (Fsp3) is 0.467. The molecule has 1 unspecified atom stereocenters. The van der Waals surface area contributed by atoms with Gasteiger partial charge in [0.1, 0.15) is 0 Å². The molecule has 1 aliphatic rings. The van der Waals surface area contributed by atoms with Gasteiger partial charge in [-0.25, -0.2) is 0 Å². The van der Waals surface area contributed by atoms with Gasteiger partial charge in [0.15, 0.2) is 0 Å². The number of rotatable bonds is 4. The molecule has 1 heteroatoms. The minimum atomic E-state index is -1.68. The maximum atomic E-state index is 2.50. The number of allylic oxidation sites excluding steroid dienone is 1. The van der Waals surface area contributed by atoms with Crippen molar-refractivity contribution in [1.29, 1.82) is 0 Å². The zero-order valence-corrected chi connectivity index (χ0v) is 12.2. The van der Waals surface area contributed by atoms with E-state index in [0.717, 1.165) is 4.22 Å². The molecule has 0 spiro atoms. The second-order valence-corrected chi connectivity index (χ2v) is 13.4. The summed E-state index contributed by atoms with van der Waals surface area (Å²) in [7, 11) is 0. The summed E-state index contributed by atoms with van der Waals surface area (Å²) in [6.45, 7) is 7.26. The van der Waals surface area contributed by atoms with Crippen molar-refractivity contribution in [2.45, 2.75) is 39.2 Å². The molecule has 0 amide bonds. The van der Waals surface area contributed by atoms with Crippen molar-refractivity contribution in [3.63, 3.8) is 0 Å². The van der Waals surface area contributed by atoms with Gasteiger partial charge < -0.3 is 0 Å². The zero-order valence-electron chi connectivity index (χ0n) is 10.7. The molecule has 1 aromatic rings. The van der Waals surface area contributed by atoms with Crippen LogP contribution in [0.2, 0.25) is 14.2 Å². The van der Waals surface area contributed by atoms with Gasteiger partial charge in [-0.05, 0) is 0 Å². The van der Waals surface area contributed by atoms with E-state index < -0.39 is 16.6 Å². The topological polar surface area (TPSA) is 0 Å². The minimum absolute atomic E-state index is 0.816. The Kier molecular flexibility index (Phi) is 3.71. The standard InChI is InChI=1S/C9H7.3C2H5.Ti/c1-2-5-9-7-3-6-8(9)4-1;3*1-2;/h1-7H;3*1H2,2H3;. The summed E-state index contributed by atoms with van der Waals surface area (Å²) in [6.07, 6.45) is 4.85. The van der Waals surface area contributed by atoms with E-state index in [-0.39, 0.29) is 0 Å². The van der Waals surface area contributed by atoms with E-state index in [1.807, 2.05) is 0 Å². The molecule has 0 bridgehead atoms. The van der Waals surface area contributed by atoms with Crippen LogP contribution >= 0.6 is 0 Å². The number of benzene rings is 1. The first-order valence-corrected chi connectivity index (χ1v) is 10.8. The number of hydrogen-bond acceptors (Lipinski definition) is 0. The second-order valence-electron chi connectivity index (χ2n) is 4.89. The van der Waals surface area contributed by atoms with Crippen molar-refractivity contribution in [3.8, 4) is 0 Å². The molecule has 0 radical (unpaired) electrons. The summed E-state index contributed by atoms with van der Waals surface area (Å²) in [4.78, 5) is 0. The molecule has 0 nitrogen and oxygen atoms in total. The van der Waals surface area contributed by atoms with Crippen molar-refractivity contribution < 1.29 is 16.6 Å². The first kappa shape index (κ1) is 12.1. The quantitative estimate of drug-likeness (QED) is 0.642. The molecule has 0 fully saturated rings. The van der Waals surface area contributed by atoms with Gasteiger partial charge >= 0.3 is 103 Å². The zero-order chi connectivity index (χ0) is 11.6. The Bertz CT molecular complexity index is 380. The van der Waals surface area contributed by atoms with Crippen LogP contribution in [-0.4, -0.2) is 0 Å². The van der Waals surface area contributed by atoms with Gasteiger partial charge in [0, 0.05) is 0 Å². The van der Waals surface area contributed by atoms with E-state index in [1.165, 1.54) is 19.7 Å². The van der Waals surface area contributed by atoms with E-state index in [1.54, 1.807) is 5.56 Å². The Morgan fingerprint density at radius 1 is 1.00 bits per heavy atom. The molecule has 1 aromatic carbocycles. The monoisotopic (exact) mass is 250 g/mol. The van der Waals surface area contributed by atoms with Crippen LogP contribution in [-0.2, 0) is 16.6 Å². The molecule has 1 atom stereocenters. The van der Waals surface area contributed by atoms with Crippen LogP contribution < -0.4 is 0 Å². The summed E-state index contributed by atoms with van der Waals surface area (Å²) in [5.41, 5.74) is 3.09. The van der Waals surface area contributed by atoms with Crippen LogP contribution in [0.3, 0.4) is 0 Å². The van der Waals surface area contributed by atoms with E-state index in [4.69, 9.17) is 0 Å². The first-order valence-electron chi connectivity index (χ1n) is 6.54. The second kappa shape index (κ2) is 4.90. The van der Waals surface area contributed by atoms with Crippen LogP contribution in [0.25, 0.3) is 6.08 Å². The van der Waals surface area contributed by atoms with E-state index in [0.29, 0.717) is 0 Å². The average Bonchev–Trinajstić information content (AvgIpc) is 2.77. The molecule has 0 saturated heterocycles. The van der Waals surface area contributed by atoms with Crippen LogP contribution in [0.4, 0.5) is 0 Å². The summed E-state index contributed by atoms with van der Waals surface area (Å²) in [5.74, 6) is 0. The van der Waals surface area contributed by atoms with Crippen molar-refractivity contribution in [3.05, 3.63) is 41.5 Å². The molecule has 16 heavy (non-hydrogen) atoms. The fourth-order valence-corrected chi connectivity index (χ4v) is 9.82. The Morgan fingerprint density at radius 2 is 1.62 bits per heavy atom. The average molecular weight is 250 g/mol.